The van der Waals surface area contributed by atoms with E-state index in [0.717, 1.165) is 12.0 Å². The van der Waals surface area contributed by atoms with Crippen LogP contribution in [0.25, 0.3) is 0 Å². The van der Waals surface area contributed by atoms with Crippen molar-refractivity contribution in [2.24, 2.45) is 0 Å². The molecule has 0 radical (unpaired) electrons. The van der Waals surface area contributed by atoms with Gasteiger partial charge < -0.3 is 20.3 Å². The topological polar surface area (TPSA) is 98.3 Å². The van der Waals surface area contributed by atoms with Gasteiger partial charge in [0, 0.05) is 19.8 Å². The number of rotatable bonds is 4. The fraction of sp³-hybridized carbons (Fsp3) is 0.154. The molecule has 0 unspecified atom stereocenters. The van der Waals surface area contributed by atoms with Crippen LogP contribution < -0.4 is 10.2 Å². The number of hydrogen-bond acceptors (Lipinski definition) is 4. The molecule has 0 atom stereocenters. The van der Waals surface area contributed by atoms with Crippen LogP contribution in [0.15, 0.2) is 24.5 Å². The lowest BCUT2D eigenvalue weighted by Crippen LogP contribution is -2.17. The predicted molar refractivity (Wildman–Crippen MR) is 79.3 cm³/mol. The highest BCUT2D eigenvalue weighted by molar-refractivity contribution is 6.33. The number of benzene rings is 1. The van der Waals surface area contributed by atoms with Gasteiger partial charge in [0.05, 0.1) is 17.0 Å². The quantitative estimate of drug-likeness (QED) is 0.803. The summed E-state index contributed by atoms with van der Waals surface area (Å²) in [5, 5.41) is 12.0. The molecule has 0 saturated heterocycles. The lowest BCUT2D eigenvalue weighted by Gasteiger charge is -2.15. The first-order chi connectivity index (χ1) is 9.90. The summed E-state index contributed by atoms with van der Waals surface area (Å²) in [6.45, 7) is 0. The Labute approximate surface area is 125 Å². The van der Waals surface area contributed by atoms with Crippen LogP contribution in [-0.2, 0) is 0 Å². The zero-order chi connectivity index (χ0) is 15.6. The number of carboxylic acids is 1. The Bertz CT molecular complexity index is 696. The second-order valence-corrected chi connectivity index (χ2v) is 4.85. The predicted octanol–water partition coefficient (Wildman–Crippen LogP) is 2.08. The standard InChI is InChI=1S/C13H13ClN4O3/c1-18(2)9-4-3-7(5-8(9)14)17-12(19)10-11(13(20)21)16-6-15-10/h3-6H,1-2H3,(H,15,16)(H,17,19)(H,20,21). The fourth-order valence-corrected chi connectivity index (χ4v) is 2.12. The summed E-state index contributed by atoms with van der Waals surface area (Å²) < 4.78 is 0. The van der Waals surface area contributed by atoms with E-state index in [1.165, 1.54) is 0 Å². The molecule has 0 saturated carbocycles. The molecule has 0 fully saturated rings. The minimum atomic E-state index is -1.25. The number of anilines is 2. The molecular formula is C13H13ClN4O3. The van der Waals surface area contributed by atoms with Crippen molar-refractivity contribution in [3.63, 3.8) is 0 Å². The Balaban J connectivity index is 2.22. The molecular weight excluding hydrogens is 296 g/mol. The van der Waals surface area contributed by atoms with E-state index in [0.29, 0.717) is 10.7 Å². The van der Waals surface area contributed by atoms with Gasteiger partial charge in [-0.2, -0.15) is 0 Å². The molecule has 1 aromatic carbocycles. The number of carbonyl (C=O) groups excluding carboxylic acids is 1. The normalized spacial score (nSPS) is 10.2. The van der Waals surface area contributed by atoms with Gasteiger partial charge in [0.2, 0.25) is 0 Å². The summed E-state index contributed by atoms with van der Waals surface area (Å²) >= 11 is 6.11. The number of imidazole rings is 1. The van der Waals surface area contributed by atoms with Crippen molar-refractivity contribution in [2.75, 3.05) is 24.3 Å². The maximum atomic E-state index is 12.0. The van der Waals surface area contributed by atoms with E-state index in [1.807, 2.05) is 19.0 Å². The van der Waals surface area contributed by atoms with Gasteiger partial charge in [0.25, 0.3) is 5.91 Å². The molecule has 0 spiro atoms. The summed E-state index contributed by atoms with van der Waals surface area (Å²) in [5.41, 5.74) is 0.814. The number of carboxylic acid groups (broad SMARTS) is 1. The number of hydrogen-bond donors (Lipinski definition) is 3. The molecule has 0 aliphatic heterocycles. The van der Waals surface area contributed by atoms with Crippen LogP contribution >= 0.6 is 11.6 Å². The van der Waals surface area contributed by atoms with Gasteiger partial charge in [0.1, 0.15) is 0 Å². The second-order valence-electron chi connectivity index (χ2n) is 4.45. The van der Waals surface area contributed by atoms with Crippen LogP contribution in [0.5, 0.6) is 0 Å². The highest BCUT2D eigenvalue weighted by atomic mass is 35.5. The van der Waals surface area contributed by atoms with Gasteiger partial charge in [-0.1, -0.05) is 11.6 Å². The van der Waals surface area contributed by atoms with E-state index in [4.69, 9.17) is 16.7 Å². The number of aromatic carboxylic acids is 1. The summed E-state index contributed by atoms with van der Waals surface area (Å²) in [6, 6.07) is 5.01. The van der Waals surface area contributed by atoms with E-state index in [9.17, 15) is 9.59 Å². The van der Waals surface area contributed by atoms with Crippen molar-refractivity contribution in [2.45, 2.75) is 0 Å². The lowest BCUT2D eigenvalue weighted by atomic mass is 10.2. The van der Waals surface area contributed by atoms with E-state index < -0.39 is 11.9 Å². The maximum Gasteiger partial charge on any atom is 0.354 e. The van der Waals surface area contributed by atoms with Crippen molar-refractivity contribution in [3.8, 4) is 0 Å². The Morgan fingerprint density at radius 3 is 2.67 bits per heavy atom. The van der Waals surface area contributed by atoms with Gasteiger partial charge in [-0.15, -0.1) is 0 Å². The molecule has 0 bridgehead atoms. The first-order valence-electron chi connectivity index (χ1n) is 5.95. The number of H-pyrrole nitrogens is 1. The molecule has 21 heavy (non-hydrogen) atoms. The van der Waals surface area contributed by atoms with Crippen molar-refractivity contribution >= 4 is 34.9 Å². The number of nitrogens with one attached hydrogen (secondary N) is 2. The van der Waals surface area contributed by atoms with E-state index in [-0.39, 0.29) is 11.4 Å². The number of aromatic nitrogens is 2. The highest BCUT2D eigenvalue weighted by Crippen LogP contribution is 2.27. The van der Waals surface area contributed by atoms with Gasteiger partial charge >= 0.3 is 5.97 Å². The van der Waals surface area contributed by atoms with Gasteiger partial charge in [-0.25, -0.2) is 9.78 Å². The molecule has 0 aliphatic rings. The van der Waals surface area contributed by atoms with E-state index in [1.54, 1.807) is 18.2 Å². The first kappa shape index (κ1) is 14.9. The zero-order valence-corrected chi connectivity index (χ0v) is 12.1. The van der Waals surface area contributed by atoms with E-state index >= 15 is 0 Å². The van der Waals surface area contributed by atoms with Crippen molar-refractivity contribution in [1.82, 2.24) is 9.97 Å². The van der Waals surface area contributed by atoms with Crippen LogP contribution in [0.1, 0.15) is 21.0 Å². The Hall–Kier alpha value is -2.54. The van der Waals surface area contributed by atoms with Crippen molar-refractivity contribution < 1.29 is 14.7 Å². The molecule has 1 aromatic heterocycles. The third-order valence-corrected chi connectivity index (χ3v) is 3.06. The average Bonchev–Trinajstić information content (AvgIpc) is 2.87. The average molecular weight is 309 g/mol. The first-order valence-corrected chi connectivity index (χ1v) is 6.33. The lowest BCUT2D eigenvalue weighted by molar-refractivity contribution is 0.0686. The molecule has 1 amide bonds. The molecule has 1 heterocycles. The van der Waals surface area contributed by atoms with Crippen molar-refractivity contribution in [1.29, 1.82) is 0 Å². The van der Waals surface area contributed by atoms with Gasteiger partial charge in [-0.3, -0.25) is 4.79 Å². The van der Waals surface area contributed by atoms with Gasteiger partial charge in [-0.05, 0) is 18.2 Å². The maximum absolute atomic E-state index is 12.0. The Morgan fingerprint density at radius 1 is 1.38 bits per heavy atom. The number of aromatic amines is 1. The highest BCUT2D eigenvalue weighted by Gasteiger charge is 2.20. The third-order valence-electron chi connectivity index (χ3n) is 2.76. The third kappa shape index (κ3) is 3.14. The summed E-state index contributed by atoms with van der Waals surface area (Å²) in [7, 11) is 3.70. The van der Waals surface area contributed by atoms with E-state index in [2.05, 4.69) is 15.3 Å². The zero-order valence-electron chi connectivity index (χ0n) is 11.3. The molecule has 7 nitrogen and oxygen atoms in total. The molecule has 2 aromatic rings. The fourth-order valence-electron chi connectivity index (χ4n) is 1.77. The number of carbonyl (C=O) groups is 2. The number of halogens is 1. The molecule has 110 valence electrons. The summed E-state index contributed by atoms with van der Waals surface area (Å²) in [6.07, 6.45) is 1.15. The smallest absolute Gasteiger partial charge is 0.354 e. The molecule has 8 heteroatoms. The van der Waals surface area contributed by atoms with Gasteiger partial charge in [0.15, 0.2) is 11.4 Å². The Kier molecular flexibility index (Phi) is 4.13. The van der Waals surface area contributed by atoms with Crippen LogP contribution in [0.3, 0.4) is 0 Å². The van der Waals surface area contributed by atoms with Crippen LogP contribution in [-0.4, -0.2) is 41.0 Å². The number of nitrogens with zero attached hydrogens (tertiary/aromatic N) is 2. The minimum Gasteiger partial charge on any atom is -0.477 e. The number of amides is 1. The van der Waals surface area contributed by atoms with Crippen LogP contribution in [0, 0.1) is 0 Å². The minimum absolute atomic E-state index is 0.185. The van der Waals surface area contributed by atoms with Crippen molar-refractivity contribution in [3.05, 3.63) is 40.9 Å². The summed E-state index contributed by atoms with van der Waals surface area (Å²) in [4.78, 5) is 30.9. The largest absolute Gasteiger partial charge is 0.477 e. The molecule has 2 rings (SSSR count). The Morgan fingerprint density at radius 2 is 2.10 bits per heavy atom. The molecule has 0 aliphatic carbocycles. The summed E-state index contributed by atoms with van der Waals surface area (Å²) in [5.74, 6) is -1.87. The van der Waals surface area contributed by atoms with Crippen LogP contribution in [0.4, 0.5) is 11.4 Å². The monoisotopic (exact) mass is 308 g/mol. The van der Waals surface area contributed by atoms with Crippen LogP contribution in [0.2, 0.25) is 5.02 Å². The molecule has 3 N–H and O–H groups in total. The SMILES string of the molecule is CN(C)c1ccc(NC(=O)c2nc[nH]c2C(=O)O)cc1Cl. The second kappa shape index (κ2) is 5.84.